The van der Waals surface area contributed by atoms with Crippen molar-refractivity contribution < 1.29 is 19.2 Å². The van der Waals surface area contributed by atoms with Crippen LogP contribution in [-0.2, 0) is 14.4 Å². The van der Waals surface area contributed by atoms with E-state index in [1.165, 1.54) is 17.8 Å². The summed E-state index contributed by atoms with van der Waals surface area (Å²) in [4.78, 5) is 54.9. The largest absolute Gasteiger partial charge is 0.352 e. The van der Waals surface area contributed by atoms with Crippen molar-refractivity contribution in [2.45, 2.75) is 51.8 Å². The molecular formula is C22H31N5O4S. The van der Waals surface area contributed by atoms with E-state index >= 15 is 0 Å². The Bertz CT molecular complexity index is 906. The summed E-state index contributed by atoms with van der Waals surface area (Å²) in [5.74, 6) is -1.37. The molecule has 0 unspecified atom stereocenters. The van der Waals surface area contributed by atoms with E-state index < -0.39 is 11.2 Å². The molecule has 4 amide bonds. The number of amides is 4. The number of anilines is 1. The Hall–Kier alpha value is -2.88. The van der Waals surface area contributed by atoms with E-state index in [4.69, 9.17) is 0 Å². The van der Waals surface area contributed by atoms with Crippen LogP contribution in [0.15, 0.2) is 29.3 Å². The van der Waals surface area contributed by atoms with E-state index in [0.29, 0.717) is 16.4 Å². The third kappa shape index (κ3) is 7.67. The molecule has 0 aromatic heterocycles. The first-order valence-electron chi connectivity index (χ1n) is 10.6. The number of nitrogens with zero attached hydrogens (tertiary/aromatic N) is 2. The van der Waals surface area contributed by atoms with Crippen LogP contribution >= 0.6 is 11.8 Å². The number of rotatable bonds is 8. The van der Waals surface area contributed by atoms with Gasteiger partial charge in [0.2, 0.25) is 11.8 Å². The minimum atomic E-state index is -0.557. The van der Waals surface area contributed by atoms with Gasteiger partial charge in [-0.15, -0.1) is 0 Å². The molecule has 0 aliphatic carbocycles. The number of carbonyl (C=O) groups is 4. The van der Waals surface area contributed by atoms with Crippen molar-refractivity contribution in [3.05, 3.63) is 29.8 Å². The molecule has 32 heavy (non-hydrogen) atoms. The maximum Gasteiger partial charge on any atom is 0.262 e. The van der Waals surface area contributed by atoms with Gasteiger partial charge in [0, 0.05) is 36.3 Å². The minimum Gasteiger partial charge on any atom is -0.352 e. The van der Waals surface area contributed by atoms with Gasteiger partial charge in [-0.1, -0.05) is 17.8 Å². The number of thioether (sulfide) groups is 1. The smallest absolute Gasteiger partial charge is 0.262 e. The van der Waals surface area contributed by atoms with Crippen LogP contribution in [0.2, 0.25) is 0 Å². The summed E-state index contributed by atoms with van der Waals surface area (Å²) in [7, 11) is 0. The highest BCUT2D eigenvalue weighted by atomic mass is 32.2. The third-order valence-electron chi connectivity index (χ3n) is 4.47. The number of aliphatic imine (C=N–C) groups is 1. The SMILES string of the molecule is CCN(CC)C1=NC(=O)[C@@H](CC(=O)Nc2cccc(C(=O)NCC(=O)NC(C)(C)C)c2)S1. The molecule has 0 bridgehead atoms. The second kappa shape index (κ2) is 11.1. The number of hydrogen-bond acceptors (Lipinski definition) is 6. The summed E-state index contributed by atoms with van der Waals surface area (Å²) in [6, 6.07) is 6.41. The molecule has 1 aliphatic heterocycles. The predicted octanol–water partition coefficient (Wildman–Crippen LogP) is 2.00. The lowest BCUT2D eigenvalue weighted by atomic mass is 10.1. The van der Waals surface area contributed by atoms with Gasteiger partial charge < -0.3 is 20.9 Å². The second-order valence-corrected chi connectivity index (χ2v) is 9.50. The molecule has 3 N–H and O–H groups in total. The van der Waals surface area contributed by atoms with E-state index in [1.54, 1.807) is 18.2 Å². The van der Waals surface area contributed by atoms with Gasteiger partial charge in [-0.05, 0) is 52.8 Å². The summed E-state index contributed by atoms with van der Waals surface area (Å²) in [6.45, 7) is 10.9. The molecule has 0 radical (unpaired) electrons. The summed E-state index contributed by atoms with van der Waals surface area (Å²) >= 11 is 1.30. The number of hydrogen-bond donors (Lipinski definition) is 3. The van der Waals surface area contributed by atoms with Gasteiger partial charge in [0.25, 0.3) is 11.8 Å². The molecule has 1 aromatic carbocycles. The molecule has 0 saturated carbocycles. The fraction of sp³-hybridized carbons (Fsp3) is 0.500. The van der Waals surface area contributed by atoms with Gasteiger partial charge in [0.1, 0.15) is 5.25 Å². The number of benzene rings is 1. The van der Waals surface area contributed by atoms with Crippen molar-refractivity contribution in [2.24, 2.45) is 4.99 Å². The van der Waals surface area contributed by atoms with Crippen molar-refractivity contribution in [1.29, 1.82) is 0 Å². The Morgan fingerprint density at radius 1 is 1.12 bits per heavy atom. The Kier molecular flexibility index (Phi) is 8.82. The molecule has 174 valence electrons. The number of nitrogens with one attached hydrogen (secondary N) is 3. The van der Waals surface area contributed by atoms with Crippen LogP contribution in [0.3, 0.4) is 0 Å². The molecule has 1 atom stereocenters. The summed E-state index contributed by atoms with van der Waals surface area (Å²) < 4.78 is 0. The average molecular weight is 462 g/mol. The van der Waals surface area contributed by atoms with Crippen LogP contribution in [0.5, 0.6) is 0 Å². The van der Waals surface area contributed by atoms with Crippen molar-refractivity contribution in [3.8, 4) is 0 Å². The molecule has 0 fully saturated rings. The molecule has 10 heteroatoms. The van der Waals surface area contributed by atoms with Crippen LogP contribution in [0, 0.1) is 0 Å². The van der Waals surface area contributed by atoms with Crippen LogP contribution in [0.1, 0.15) is 51.4 Å². The second-order valence-electron chi connectivity index (χ2n) is 8.33. The summed E-state index contributed by atoms with van der Waals surface area (Å²) in [6.07, 6.45) is -0.0127. The lowest BCUT2D eigenvalue weighted by Gasteiger charge is -2.20. The average Bonchev–Trinajstić information content (AvgIpc) is 3.05. The van der Waals surface area contributed by atoms with Crippen LogP contribution in [0.4, 0.5) is 5.69 Å². The lowest BCUT2D eigenvalue weighted by molar-refractivity contribution is -0.121. The summed E-state index contributed by atoms with van der Waals surface area (Å²) in [5.41, 5.74) is 0.356. The maximum absolute atomic E-state index is 12.5. The van der Waals surface area contributed by atoms with Crippen molar-refractivity contribution in [1.82, 2.24) is 15.5 Å². The van der Waals surface area contributed by atoms with E-state index in [-0.39, 0.29) is 36.2 Å². The highest BCUT2D eigenvalue weighted by Crippen LogP contribution is 2.27. The zero-order valence-electron chi connectivity index (χ0n) is 19.2. The zero-order chi connectivity index (χ0) is 23.9. The van der Waals surface area contributed by atoms with Crippen molar-refractivity contribution in [2.75, 3.05) is 25.0 Å². The lowest BCUT2D eigenvalue weighted by Crippen LogP contribution is -2.45. The first kappa shape index (κ1) is 25.4. The fourth-order valence-corrected chi connectivity index (χ4v) is 4.17. The van der Waals surface area contributed by atoms with Gasteiger partial charge in [-0.2, -0.15) is 4.99 Å². The van der Waals surface area contributed by atoms with Gasteiger partial charge in [-0.3, -0.25) is 19.2 Å². The van der Waals surface area contributed by atoms with Crippen molar-refractivity contribution in [3.63, 3.8) is 0 Å². The maximum atomic E-state index is 12.5. The Balaban J connectivity index is 1.90. The van der Waals surface area contributed by atoms with Gasteiger partial charge in [0.15, 0.2) is 5.17 Å². The van der Waals surface area contributed by atoms with E-state index in [2.05, 4.69) is 20.9 Å². The summed E-state index contributed by atoms with van der Waals surface area (Å²) in [5, 5.41) is 8.14. The van der Waals surface area contributed by atoms with Crippen LogP contribution in [0.25, 0.3) is 0 Å². The standard InChI is InChI=1S/C22H31N5O4S/c1-6-27(7-2)21-25-20(31)16(32-21)12-17(28)24-15-10-8-9-14(11-15)19(30)23-13-18(29)26-22(3,4)5/h8-11,16H,6-7,12-13H2,1-5H3,(H,23,30)(H,24,28)(H,26,29)/t16-/m1/s1. The Morgan fingerprint density at radius 2 is 1.81 bits per heavy atom. The van der Waals surface area contributed by atoms with E-state index in [9.17, 15) is 19.2 Å². The fourth-order valence-electron chi connectivity index (χ4n) is 2.98. The predicted molar refractivity (Wildman–Crippen MR) is 127 cm³/mol. The molecule has 0 spiro atoms. The molecule has 1 aromatic rings. The molecular weight excluding hydrogens is 430 g/mol. The van der Waals surface area contributed by atoms with Gasteiger partial charge in [0.05, 0.1) is 6.54 Å². The highest BCUT2D eigenvalue weighted by molar-refractivity contribution is 8.15. The monoisotopic (exact) mass is 461 g/mol. The molecule has 9 nitrogen and oxygen atoms in total. The van der Waals surface area contributed by atoms with Crippen LogP contribution in [-0.4, -0.2) is 64.1 Å². The minimum absolute atomic E-state index is 0.0127. The number of carbonyl (C=O) groups excluding carboxylic acids is 4. The molecule has 1 aliphatic rings. The number of amidine groups is 1. The zero-order valence-corrected chi connectivity index (χ0v) is 20.0. The van der Waals surface area contributed by atoms with Gasteiger partial charge >= 0.3 is 0 Å². The first-order chi connectivity index (χ1) is 15.0. The first-order valence-corrected chi connectivity index (χ1v) is 11.4. The Morgan fingerprint density at radius 3 is 2.44 bits per heavy atom. The van der Waals surface area contributed by atoms with Crippen molar-refractivity contribution >= 4 is 46.2 Å². The van der Waals surface area contributed by atoms with E-state index in [0.717, 1.165) is 13.1 Å². The third-order valence-corrected chi connectivity index (χ3v) is 5.68. The highest BCUT2D eigenvalue weighted by Gasteiger charge is 2.32. The molecule has 2 rings (SSSR count). The normalized spacial score (nSPS) is 15.7. The molecule has 0 saturated heterocycles. The quantitative estimate of drug-likeness (QED) is 0.545. The van der Waals surface area contributed by atoms with E-state index in [1.807, 2.05) is 39.5 Å². The Labute approximate surface area is 192 Å². The van der Waals surface area contributed by atoms with Gasteiger partial charge in [-0.25, -0.2) is 0 Å². The van der Waals surface area contributed by atoms with Crippen LogP contribution < -0.4 is 16.0 Å². The topological polar surface area (TPSA) is 120 Å². The molecule has 1 heterocycles.